The summed E-state index contributed by atoms with van der Waals surface area (Å²) in [6, 6.07) is 15.6. The predicted octanol–water partition coefficient (Wildman–Crippen LogP) is 5.15. The van der Waals surface area contributed by atoms with Crippen molar-refractivity contribution in [2.45, 2.75) is 33.2 Å². The first-order valence-corrected chi connectivity index (χ1v) is 7.97. The highest BCUT2D eigenvalue weighted by Crippen LogP contribution is 2.26. The van der Waals surface area contributed by atoms with E-state index in [-0.39, 0.29) is 6.04 Å². The van der Waals surface area contributed by atoms with Crippen molar-refractivity contribution in [1.82, 2.24) is 5.32 Å². The molecule has 0 fully saturated rings. The Balaban J connectivity index is 2.38. The van der Waals surface area contributed by atoms with E-state index in [1.807, 2.05) is 0 Å². The second-order valence-electron chi connectivity index (χ2n) is 5.30. The standard InChI is InChI=1S/C18H22BrN/c1-4-11-20-18(15-6-8-16(19)9-7-15)17-10-5-13(2)12-14(17)3/h5-10,12,18,20H,4,11H2,1-3H3. The molecule has 106 valence electrons. The molecule has 20 heavy (non-hydrogen) atoms. The van der Waals surface area contributed by atoms with E-state index in [1.165, 1.54) is 22.3 Å². The van der Waals surface area contributed by atoms with Gasteiger partial charge in [-0.1, -0.05) is 58.7 Å². The van der Waals surface area contributed by atoms with Gasteiger partial charge in [0.05, 0.1) is 6.04 Å². The summed E-state index contributed by atoms with van der Waals surface area (Å²) in [6.07, 6.45) is 1.14. The summed E-state index contributed by atoms with van der Waals surface area (Å²) in [5.41, 5.74) is 5.35. The normalized spacial score (nSPS) is 12.4. The van der Waals surface area contributed by atoms with Crippen molar-refractivity contribution in [2.24, 2.45) is 0 Å². The molecule has 1 atom stereocenters. The van der Waals surface area contributed by atoms with Crippen molar-refractivity contribution in [1.29, 1.82) is 0 Å². The first kappa shape index (κ1) is 15.3. The number of rotatable bonds is 5. The number of hydrogen-bond donors (Lipinski definition) is 1. The molecule has 0 heterocycles. The van der Waals surface area contributed by atoms with Gasteiger partial charge in [-0.2, -0.15) is 0 Å². The van der Waals surface area contributed by atoms with E-state index in [1.54, 1.807) is 0 Å². The predicted molar refractivity (Wildman–Crippen MR) is 90.2 cm³/mol. The van der Waals surface area contributed by atoms with Crippen molar-refractivity contribution in [3.8, 4) is 0 Å². The Kier molecular flexibility index (Phi) is 5.38. The Morgan fingerprint density at radius 2 is 1.75 bits per heavy atom. The number of hydrogen-bond acceptors (Lipinski definition) is 1. The lowest BCUT2D eigenvalue weighted by Gasteiger charge is -2.22. The third kappa shape index (κ3) is 3.71. The first-order valence-electron chi connectivity index (χ1n) is 7.18. The zero-order valence-electron chi connectivity index (χ0n) is 12.4. The fourth-order valence-electron chi connectivity index (χ4n) is 2.50. The Morgan fingerprint density at radius 3 is 2.35 bits per heavy atom. The van der Waals surface area contributed by atoms with Crippen LogP contribution in [-0.2, 0) is 0 Å². The molecule has 1 N–H and O–H groups in total. The Labute approximate surface area is 130 Å². The van der Waals surface area contributed by atoms with Crippen LogP contribution in [0.5, 0.6) is 0 Å². The Hall–Kier alpha value is -1.12. The van der Waals surface area contributed by atoms with Crippen molar-refractivity contribution >= 4 is 15.9 Å². The molecule has 2 heteroatoms. The van der Waals surface area contributed by atoms with Crippen molar-refractivity contribution in [2.75, 3.05) is 6.54 Å². The molecule has 0 aliphatic rings. The van der Waals surface area contributed by atoms with Crippen LogP contribution in [0.4, 0.5) is 0 Å². The zero-order chi connectivity index (χ0) is 14.5. The first-order chi connectivity index (χ1) is 9.61. The third-order valence-electron chi connectivity index (χ3n) is 3.54. The molecular weight excluding hydrogens is 310 g/mol. The van der Waals surface area contributed by atoms with Crippen molar-refractivity contribution < 1.29 is 0 Å². The smallest absolute Gasteiger partial charge is 0.0579 e. The summed E-state index contributed by atoms with van der Waals surface area (Å²) in [5, 5.41) is 3.67. The highest BCUT2D eigenvalue weighted by molar-refractivity contribution is 9.10. The summed E-state index contributed by atoms with van der Waals surface area (Å²) >= 11 is 3.51. The molecular formula is C18H22BrN. The average Bonchev–Trinajstić information content (AvgIpc) is 2.42. The van der Waals surface area contributed by atoms with Crippen LogP contribution >= 0.6 is 15.9 Å². The van der Waals surface area contributed by atoms with E-state index in [9.17, 15) is 0 Å². The van der Waals surface area contributed by atoms with E-state index < -0.39 is 0 Å². The van der Waals surface area contributed by atoms with Gasteiger partial charge in [-0.15, -0.1) is 0 Å². The van der Waals surface area contributed by atoms with Gasteiger partial charge in [0.1, 0.15) is 0 Å². The van der Waals surface area contributed by atoms with Crippen LogP contribution in [0.25, 0.3) is 0 Å². The fraction of sp³-hybridized carbons (Fsp3) is 0.333. The maximum Gasteiger partial charge on any atom is 0.0579 e. The summed E-state index contributed by atoms with van der Waals surface area (Å²) in [4.78, 5) is 0. The second-order valence-corrected chi connectivity index (χ2v) is 6.21. The van der Waals surface area contributed by atoms with E-state index in [0.29, 0.717) is 0 Å². The molecule has 2 aromatic rings. The number of aryl methyl sites for hydroxylation is 2. The van der Waals surface area contributed by atoms with Crippen LogP contribution in [0.2, 0.25) is 0 Å². The topological polar surface area (TPSA) is 12.0 Å². The zero-order valence-corrected chi connectivity index (χ0v) is 14.0. The SMILES string of the molecule is CCCNC(c1ccc(Br)cc1)c1ccc(C)cc1C. The Bertz CT molecular complexity index is 560. The summed E-state index contributed by atoms with van der Waals surface area (Å²) in [6.45, 7) is 7.56. The molecule has 0 radical (unpaired) electrons. The van der Waals surface area contributed by atoms with E-state index in [4.69, 9.17) is 0 Å². The number of halogens is 1. The number of nitrogens with one attached hydrogen (secondary N) is 1. The van der Waals surface area contributed by atoms with Crippen molar-refractivity contribution in [3.63, 3.8) is 0 Å². The molecule has 0 saturated carbocycles. The van der Waals surface area contributed by atoms with E-state index in [2.05, 4.69) is 84.5 Å². The molecule has 0 aromatic heterocycles. The van der Waals surface area contributed by atoms with Crippen LogP contribution in [0.3, 0.4) is 0 Å². The maximum atomic E-state index is 3.67. The molecule has 1 nitrogen and oxygen atoms in total. The minimum Gasteiger partial charge on any atom is -0.306 e. The van der Waals surface area contributed by atoms with Crippen molar-refractivity contribution in [3.05, 3.63) is 69.2 Å². The van der Waals surface area contributed by atoms with E-state index in [0.717, 1.165) is 17.4 Å². The summed E-state index contributed by atoms with van der Waals surface area (Å²) < 4.78 is 1.12. The minimum atomic E-state index is 0.267. The highest BCUT2D eigenvalue weighted by Gasteiger charge is 2.15. The monoisotopic (exact) mass is 331 g/mol. The second kappa shape index (κ2) is 7.05. The largest absolute Gasteiger partial charge is 0.306 e. The van der Waals surface area contributed by atoms with Crippen LogP contribution < -0.4 is 5.32 Å². The maximum absolute atomic E-state index is 3.67. The van der Waals surface area contributed by atoms with Gasteiger partial charge in [0.25, 0.3) is 0 Å². The highest BCUT2D eigenvalue weighted by atomic mass is 79.9. The molecule has 0 bridgehead atoms. The minimum absolute atomic E-state index is 0.267. The molecule has 0 aliphatic heterocycles. The quantitative estimate of drug-likeness (QED) is 0.798. The van der Waals surface area contributed by atoms with Gasteiger partial charge in [-0.05, 0) is 55.6 Å². The molecule has 0 spiro atoms. The van der Waals surface area contributed by atoms with Crippen LogP contribution in [0.15, 0.2) is 46.9 Å². The van der Waals surface area contributed by atoms with Crippen LogP contribution in [-0.4, -0.2) is 6.54 Å². The average molecular weight is 332 g/mol. The lowest BCUT2D eigenvalue weighted by atomic mass is 9.94. The summed E-state index contributed by atoms with van der Waals surface area (Å²) in [7, 11) is 0. The van der Waals surface area contributed by atoms with Gasteiger partial charge >= 0.3 is 0 Å². The van der Waals surface area contributed by atoms with Crippen LogP contribution in [0, 0.1) is 13.8 Å². The van der Waals surface area contributed by atoms with Gasteiger partial charge in [-0.3, -0.25) is 0 Å². The number of benzene rings is 2. The molecule has 2 aromatic carbocycles. The van der Waals surface area contributed by atoms with Gasteiger partial charge in [0.2, 0.25) is 0 Å². The van der Waals surface area contributed by atoms with Gasteiger partial charge < -0.3 is 5.32 Å². The molecule has 0 amide bonds. The lowest BCUT2D eigenvalue weighted by molar-refractivity contribution is 0.596. The van der Waals surface area contributed by atoms with Gasteiger partial charge in [0, 0.05) is 4.47 Å². The molecule has 0 saturated heterocycles. The fourth-order valence-corrected chi connectivity index (χ4v) is 2.77. The molecule has 1 unspecified atom stereocenters. The summed E-state index contributed by atoms with van der Waals surface area (Å²) in [5.74, 6) is 0. The lowest BCUT2D eigenvalue weighted by Crippen LogP contribution is -2.23. The molecule has 0 aliphatic carbocycles. The third-order valence-corrected chi connectivity index (χ3v) is 4.07. The van der Waals surface area contributed by atoms with Gasteiger partial charge in [0.15, 0.2) is 0 Å². The Morgan fingerprint density at radius 1 is 1.05 bits per heavy atom. The van der Waals surface area contributed by atoms with Gasteiger partial charge in [-0.25, -0.2) is 0 Å². The van der Waals surface area contributed by atoms with Crippen LogP contribution in [0.1, 0.15) is 41.6 Å². The molecule has 2 rings (SSSR count). The van der Waals surface area contributed by atoms with E-state index >= 15 is 0 Å².